The van der Waals surface area contributed by atoms with Gasteiger partial charge in [-0.1, -0.05) is 51.1 Å². The number of fused-ring (bicyclic) bond motifs is 1. The Hall–Kier alpha value is -2.46. The van der Waals surface area contributed by atoms with Crippen LogP contribution < -0.4 is 0 Å². The molecule has 0 fully saturated rings. The van der Waals surface area contributed by atoms with Crippen LogP contribution in [0.2, 0.25) is 0 Å². The van der Waals surface area contributed by atoms with E-state index < -0.39 is 5.97 Å². The quantitative estimate of drug-likeness (QED) is 0.504. The second-order valence-corrected chi connectivity index (χ2v) is 7.94. The zero-order valence-corrected chi connectivity index (χ0v) is 15.4. The number of hydrogen-bond acceptors (Lipinski definition) is 4. The number of rotatable bonds is 4. The van der Waals surface area contributed by atoms with Gasteiger partial charge in [-0.15, -0.1) is 11.3 Å². The number of benzene rings is 2. The molecule has 1 aromatic heterocycles. The van der Waals surface area contributed by atoms with Gasteiger partial charge in [0, 0.05) is 21.0 Å². The second kappa shape index (κ2) is 6.81. The Balaban J connectivity index is 1.67. The lowest BCUT2D eigenvalue weighted by Gasteiger charge is -2.18. The fourth-order valence-electron chi connectivity index (χ4n) is 2.62. The molecule has 128 valence electrons. The minimum Gasteiger partial charge on any atom is -0.456 e. The highest BCUT2D eigenvalue weighted by Crippen LogP contribution is 2.26. The van der Waals surface area contributed by atoms with E-state index in [-0.39, 0.29) is 12.0 Å². The summed E-state index contributed by atoms with van der Waals surface area (Å²) < 4.78 is 6.46. The summed E-state index contributed by atoms with van der Waals surface area (Å²) in [6, 6.07) is 15.4. The van der Waals surface area contributed by atoms with Gasteiger partial charge in [-0.05, 0) is 29.2 Å². The number of esters is 1. The molecule has 0 amide bonds. The predicted octanol–water partition coefficient (Wildman–Crippen LogP) is 5.42. The molecule has 0 spiro atoms. The first-order valence-electron chi connectivity index (χ1n) is 8.18. The molecule has 0 radical (unpaired) electrons. The molecule has 1 N–H and O–H groups in total. The molecule has 0 atom stereocenters. The van der Waals surface area contributed by atoms with Crippen molar-refractivity contribution in [3.05, 3.63) is 70.6 Å². The van der Waals surface area contributed by atoms with E-state index in [0.717, 1.165) is 15.6 Å². The number of thiophene rings is 1. The van der Waals surface area contributed by atoms with Gasteiger partial charge in [-0.2, -0.15) is 0 Å². The molecule has 4 heteroatoms. The van der Waals surface area contributed by atoms with Crippen LogP contribution in [0.3, 0.4) is 0 Å². The molecule has 0 saturated carbocycles. The van der Waals surface area contributed by atoms with E-state index in [1.165, 1.54) is 5.56 Å². The van der Waals surface area contributed by atoms with Crippen LogP contribution >= 0.6 is 11.3 Å². The lowest BCUT2D eigenvalue weighted by molar-refractivity contribution is 0.0563. The Bertz CT molecular complexity index is 917. The average molecular weight is 351 g/mol. The van der Waals surface area contributed by atoms with Crippen molar-refractivity contribution in [2.75, 3.05) is 6.61 Å². The average Bonchev–Trinajstić information content (AvgIpc) is 3.03. The maximum Gasteiger partial charge on any atom is 0.338 e. The molecule has 0 saturated heterocycles. The molecule has 0 aliphatic rings. The van der Waals surface area contributed by atoms with E-state index in [1.807, 2.05) is 41.8 Å². The molecular weight excluding hydrogens is 330 g/mol. The van der Waals surface area contributed by atoms with Gasteiger partial charge < -0.3 is 10.1 Å². The molecule has 3 rings (SSSR count). The minimum atomic E-state index is -0.398. The first-order valence-corrected chi connectivity index (χ1v) is 9.06. The van der Waals surface area contributed by atoms with Crippen LogP contribution in [0.5, 0.6) is 0 Å². The van der Waals surface area contributed by atoms with Gasteiger partial charge >= 0.3 is 5.97 Å². The molecule has 25 heavy (non-hydrogen) atoms. The summed E-state index contributed by atoms with van der Waals surface area (Å²) >= 11 is 1.60. The number of carbonyl (C=O) groups is 1. The number of hydrogen-bond donors (Lipinski definition) is 1. The maximum atomic E-state index is 12.2. The lowest BCUT2D eigenvalue weighted by Crippen LogP contribution is -2.15. The Morgan fingerprint density at radius 2 is 1.76 bits per heavy atom. The van der Waals surface area contributed by atoms with Crippen LogP contribution in [0.15, 0.2) is 53.9 Å². The fourth-order valence-corrected chi connectivity index (χ4v) is 3.59. The Morgan fingerprint density at radius 1 is 1.08 bits per heavy atom. The zero-order chi connectivity index (χ0) is 18.0. The van der Waals surface area contributed by atoms with Crippen LogP contribution in [0.4, 0.5) is 0 Å². The first-order chi connectivity index (χ1) is 11.9. The van der Waals surface area contributed by atoms with E-state index in [0.29, 0.717) is 11.3 Å². The molecule has 2 aromatic carbocycles. The number of nitrogens with one attached hydrogen (secondary N) is 1. The number of ether oxygens (including phenoxy) is 1. The predicted molar refractivity (Wildman–Crippen MR) is 104 cm³/mol. The van der Waals surface area contributed by atoms with Gasteiger partial charge in [0.25, 0.3) is 0 Å². The van der Waals surface area contributed by atoms with E-state index in [1.54, 1.807) is 23.5 Å². The summed E-state index contributed by atoms with van der Waals surface area (Å²) in [4.78, 5) is 12.2. The van der Waals surface area contributed by atoms with Crippen molar-refractivity contribution < 1.29 is 9.53 Å². The summed E-state index contributed by atoms with van der Waals surface area (Å²) in [5.74, 6) is -0.398. The molecule has 3 aromatic rings. The van der Waals surface area contributed by atoms with Crippen molar-refractivity contribution in [1.29, 1.82) is 5.41 Å². The standard InChI is InChI=1S/C21H21NO2S/c1-21(2,3)15-10-8-14(9-11-15)20(23)24-12-18(22)17-13-25-19-7-5-4-6-16(17)19/h4-11,13,22H,12H2,1-3H3. The summed E-state index contributed by atoms with van der Waals surface area (Å²) in [6.45, 7) is 6.37. The van der Waals surface area contributed by atoms with Gasteiger partial charge in [-0.3, -0.25) is 0 Å². The van der Waals surface area contributed by atoms with Gasteiger partial charge in [0.05, 0.1) is 11.3 Å². The highest BCUT2D eigenvalue weighted by atomic mass is 32.1. The van der Waals surface area contributed by atoms with Crippen molar-refractivity contribution in [3.63, 3.8) is 0 Å². The highest BCUT2D eigenvalue weighted by molar-refractivity contribution is 7.17. The van der Waals surface area contributed by atoms with Crippen molar-refractivity contribution in [2.24, 2.45) is 0 Å². The Labute approximate surface area is 151 Å². The van der Waals surface area contributed by atoms with Crippen LogP contribution in [0.25, 0.3) is 10.1 Å². The molecule has 3 nitrogen and oxygen atoms in total. The van der Waals surface area contributed by atoms with Gasteiger partial charge in [-0.25, -0.2) is 4.79 Å². The van der Waals surface area contributed by atoms with Crippen molar-refractivity contribution in [2.45, 2.75) is 26.2 Å². The van der Waals surface area contributed by atoms with Crippen LogP contribution in [-0.2, 0) is 10.2 Å². The van der Waals surface area contributed by atoms with E-state index in [9.17, 15) is 4.79 Å². The van der Waals surface area contributed by atoms with Crippen LogP contribution in [0.1, 0.15) is 42.3 Å². The Kier molecular flexibility index (Phi) is 4.73. The summed E-state index contributed by atoms with van der Waals surface area (Å²) in [7, 11) is 0. The normalized spacial score (nSPS) is 11.5. The van der Waals surface area contributed by atoms with Crippen LogP contribution in [-0.4, -0.2) is 18.3 Å². The van der Waals surface area contributed by atoms with Gasteiger partial charge in [0.15, 0.2) is 0 Å². The third-order valence-corrected chi connectivity index (χ3v) is 5.10. The molecule has 1 heterocycles. The smallest absolute Gasteiger partial charge is 0.338 e. The lowest BCUT2D eigenvalue weighted by atomic mass is 9.87. The molecule has 0 aliphatic carbocycles. The SMILES string of the molecule is CC(C)(C)c1ccc(C(=O)OCC(=N)c2csc3ccccc23)cc1. The van der Waals surface area contributed by atoms with Crippen molar-refractivity contribution >= 4 is 33.1 Å². The topological polar surface area (TPSA) is 50.2 Å². The third-order valence-electron chi connectivity index (χ3n) is 4.14. The Morgan fingerprint density at radius 3 is 2.44 bits per heavy atom. The molecular formula is C21H21NO2S. The zero-order valence-electron chi connectivity index (χ0n) is 14.6. The van der Waals surface area contributed by atoms with Gasteiger partial charge in [0.1, 0.15) is 6.61 Å². The molecule has 0 unspecified atom stereocenters. The first kappa shape index (κ1) is 17.4. The second-order valence-electron chi connectivity index (χ2n) is 7.03. The highest BCUT2D eigenvalue weighted by Gasteiger charge is 2.16. The minimum absolute atomic E-state index is 0.0272. The van der Waals surface area contributed by atoms with E-state index >= 15 is 0 Å². The molecule has 0 aliphatic heterocycles. The summed E-state index contributed by atoms with van der Waals surface area (Å²) in [5.41, 5.74) is 2.87. The fraction of sp³-hybridized carbons (Fsp3) is 0.238. The van der Waals surface area contributed by atoms with Crippen LogP contribution in [0, 0.1) is 5.41 Å². The van der Waals surface area contributed by atoms with E-state index in [4.69, 9.17) is 10.1 Å². The van der Waals surface area contributed by atoms with Gasteiger partial charge in [0.2, 0.25) is 0 Å². The monoisotopic (exact) mass is 351 g/mol. The molecule has 0 bridgehead atoms. The number of carbonyl (C=O) groups excluding carboxylic acids is 1. The van der Waals surface area contributed by atoms with E-state index in [2.05, 4.69) is 20.8 Å². The van der Waals surface area contributed by atoms with Crippen molar-refractivity contribution in [3.8, 4) is 0 Å². The van der Waals surface area contributed by atoms with Crippen molar-refractivity contribution in [1.82, 2.24) is 0 Å². The summed E-state index contributed by atoms with van der Waals surface area (Å²) in [5, 5.41) is 11.2. The summed E-state index contributed by atoms with van der Waals surface area (Å²) in [6.07, 6.45) is 0. The third kappa shape index (κ3) is 3.80. The maximum absolute atomic E-state index is 12.2. The largest absolute Gasteiger partial charge is 0.456 e.